The highest BCUT2D eigenvalue weighted by Crippen LogP contribution is 2.17. The minimum Gasteiger partial charge on any atom is -0.472 e. The highest BCUT2D eigenvalue weighted by atomic mass is 16.5. The van der Waals surface area contributed by atoms with Crippen LogP contribution in [0, 0.1) is 0 Å². The van der Waals surface area contributed by atoms with Crippen LogP contribution < -0.4 is 10.2 Å². The number of methoxy groups -OCH3 is 1. The number of rotatable bonds is 8. The van der Waals surface area contributed by atoms with Gasteiger partial charge in [-0.25, -0.2) is 9.97 Å². The molecule has 0 radical (unpaired) electrons. The van der Waals surface area contributed by atoms with E-state index in [1.807, 2.05) is 19.2 Å². The van der Waals surface area contributed by atoms with Gasteiger partial charge in [0, 0.05) is 38.9 Å². The van der Waals surface area contributed by atoms with E-state index in [9.17, 15) is 0 Å². The molecule has 0 aliphatic carbocycles. The van der Waals surface area contributed by atoms with E-state index in [0.29, 0.717) is 12.4 Å². The number of anilines is 2. The fourth-order valence-electron chi connectivity index (χ4n) is 1.95. The Balaban J connectivity index is 2.17. The van der Waals surface area contributed by atoms with Gasteiger partial charge < -0.3 is 19.4 Å². The molecule has 0 aliphatic rings. The molecule has 0 aliphatic heterocycles. The first-order chi connectivity index (χ1) is 10.2. The minimum absolute atomic E-state index is 0.397. The molecule has 21 heavy (non-hydrogen) atoms. The van der Waals surface area contributed by atoms with Crippen molar-refractivity contribution < 1.29 is 9.15 Å². The van der Waals surface area contributed by atoms with Gasteiger partial charge in [0.25, 0.3) is 0 Å². The lowest BCUT2D eigenvalue weighted by Gasteiger charge is -2.19. The van der Waals surface area contributed by atoms with Gasteiger partial charge in [0.2, 0.25) is 0 Å². The quantitative estimate of drug-likeness (QED) is 0.806. The Labute approximate surface area is 125 Å². The highest BCUT2D eigenvalue weighted by Gasteiger charge is 2.09. The van der Waals surface area contributed by atoms with Crippen LogP contribution in [0.25, 0.3) is 0 Å². The van der Waals surface area contributed by atoms with Crippen molar-refractivity contribution >= 4 is 11.6 Å². The van der Waals surface area contributed by atoms with Gasteiger partial charge in [-0.2, -0.15) is 0 Å². The Hall–Kier alpha value is -2.08. The van der Waals surface area contributed by atoms with E-state index in [2.05, 4.69) is 27.1 Å². The molecule has 6 nitrogen and oxygen atoms in total. The molecule has 6 heteroatoms. The molecular weight excluding hydrogens is 268 g/mol. The van der Waals surface area contributed by atoms with Crippen molar-refractivity contribution in [3.8, 4) is 0 Å². The third-order valence-corrected chi connectivity index (χ3v) is 2.98. The second-order valence-electron chi connectivity index (χ2n) is 4.88. The molecule has 0 saturated carbocycles. The Kier molecular flexibility index (Phi) is 5.57. The largest absolute Gasteiger partial charge is 0.472 e. The Morgan fingerprint density at radius 2 is 2.24 bits per heavy atom. The second kappa shape index (κ2) is 7.64. The fraction of sp³-hybridized carbons (Fsp3) is 0.467. The zero-order valence-electron chi connectivity index (χ0n) is 12.8. The van der Waals surface area contributed by atoms with Gasteiger partial charge in [0.05, 0.1) is 12.5 Å². The summed E-state index contributed by atoms with van der Waals surface area (Å²) in [4.78, 5) is 11.0. The molecule has 2 aromatic rings. The van der Waals surface area contributed by atoms with Crippen LogP contribution in [0.1, 0.15) is 24.7 Å². The van der Waals surface area contributed by atoms with Crippen LogP contribution in [0.4, 0.5) is 11.6 Å². The number of ether oxygens (including phenoxy) is 1. The van der Waals surface area contributed by atoms with Crippen molar-refractivity contribution in [1.82, 2.24) is 9.97 Å². The Bertz CT molecular complexity index is 543. The SMILES string of the molecule is CCCNc1cc(N(C)Cc2ccoc2)nc(COC)n1. The smallest absolute Gasteiger partial charge is 0.158 e. The monoisotopic (exact) mass is 290 g/mol. The van der Waals surface area contributed by atoms with E-state index in [1.165, 1.54) is 0 Å². The molecule has 0 aromatic carbocycles. The van der Waals surface area contributed by atoms with Crippen molar-refractivity contribution in [3.63, 3.8) is 0 Å². The number of hydrogen-bond acceptors (Lipinski definition) is 6. The Morgan fingerprint density at radius 3 is 2.90 bits per heavy atom. The van der Waals surface area contributed by atoms with Crippen molar-refractivity contribution in [3.05, 3.63) is 36.0 Å². The van der Waals surface area contributed by atoms with Crippen LogP contribution in [-0.2, 0) is 17.9 Å². The normalized spacial score (nSPS) is 10.6. The van der Waals surface area contributed by atoms with Gasteiger partial charge in [0.15, 0.2) is 5.82 Å². The van der Waals surface area contributed by atoms with Crippen LogP contribution in [-0.4, -0.2) is 30.7 Å². The molecule has 2 aromatic heterocycles. The van der Waals surface area contributed by atoms with Crippen molar-refractivity contribution in [2.75, 3.05) is 30.9 Å². The predicted molar refractivity (Wildman–Crippen MR) is 82.3 cm³/mol. The molecule has 0 fully saturated rings. The predicted octanol–water partition coefficient (Wildman–Crippen LogP) is 2.67. The zero-order chi connectivity index (χ0) is 15.1. The van der Waals surface area contributed by atoms with Gasteiger partial charge in [-0.3, -0.25) is 0 Å². The third kappa shape index (κ3) is 4.46. The van der Waals surface area contributed by atoms with Gasteiger partial charge in [-0.1, -0.05) is 6.92 Å². The van der Waals surface area contributed by atoms with Gasteiger partial charge in [-0.15, -0.1) is 0 Å². The average Bonchev–Trinajstić information content (AvgIpc) is 2.98. The lowest BCUT2D eigenvalue weighted by atomic mass is 10.3. The number of hydrogen-bond donors (Lipinski definition) is 1. The van der Waals surface area contributed by atoms with Crippen molar-refractivity contribution in [2.45, 2.75) is 26.5 Å². The van der Waals surface area contributed by atoms with Gasteiger partial charge in [0.1, 0.15) is 18.2 Å². The Morgan fingerprint density at radius 1 is 1.38 bits per heavy atom. The molecule has 0 saturated heterocycles. The number of nitrogens with one attached hydrogen (secondary N) is 1. The second-order valence-corrected chi connectivity index (χ2v) is 4.88. The van der Waals surface area contributed by atoms with Gasteiger partial charge >= 0.3 is 0 Å². The van der Waals surface area contributed by atoms with Crippen LogP contribution in [0.15, 0.2) is 29.1 Å². The van der Waals surface area contributed by atoms with Crippen molar-refractivity contribution in [1.29, 1.82) is 0 Å². The topological polar surface area (TPSA) is 63.4 Å². The molecule has 0 spiro atoms. The summed E-state index contributed by atoms with van der Waals surface area (Å²) in [6, 6.07) is 3.90. The van der Waals surface area contributed by atoms with Gasteiger partial charge in [-0.05, 0) is 12.5 Å². The summed E-state index contributed by atoms with van der Waals surface area (Å²) in [5.74, 6) is 2.36. The van der Waals surface area contributed by atoms with E-state index in [4.69, 9.17) is 9.15 Å². The molecule has 2 heterocycles. The molecule has 2 rings (SSSR count). The zero-order valence-corrected chi connectivity index (χ0v) is 12.8. The van der Waals surface area contributed by atoms with E-state index < -0.39 is 0 Å². The van der Waals surface area contributed by atoms with Crippen LogP contribution >= 0.6 is 0 Å². The van der Waals surface area contributed by atoms with Crippen LogP contribution in [0.3, 0.4) is 0 Å². The number of nitrogens with zero attached hydrogens (tertiary/aromatic N) is 3. The molecule has 0 bridgehead atoms. The summed E-state index contributed by atoms with van der Waals surface area (Å²) in [5.41, 5.74) is 1.10. The maximum Gasteiger partial charge on any atom is 0.158 e. The summed E-state index contributed by atoms with van der Waals surface area (Å²) in [7, 11) is 3.64. The van der Waals surface area contributed by atoms with E-state index in [-0.39, 0.29) is 0 Å². The molecule has 114 valence electrons. The lowest BCUT2D eigenvalue weighted by molar-refractivity contribution is 0.178. The van der Waals surface area contributed by atoms with Crippen LogP contribution in [0.2, 0.25) is 0 Å². The molecule has 0 amide bonds. The van der Waals surface area contributed by atoms with E-state index >= 15 is 0 Å². The summed E-state index contributed by atoms with van der Waals surface area (Å²) in [6.07, 6.45) is 4.46. The first-order valence-corrected chi connectivity index (χ1v) is 7.06. The summed E-state index contributed by atoms with van der Waals surface area (Å²) in [5, 5.41) is 3.30. The van der Waals surface area contributed by atoms with E-state index in [1.54, 1.807) is 19.6 Å². The highest BCUT2D eigenvalue weighted by molar-refractivity contribution is 5.49. The standard InChI is InChI=1S/C15H22N4O2/c1-4-6-16-13-8-15(18-14(17-13)11-20-3)19(2)9-12-5-7-21-10-12/h5,7-8,10H,4,6,9,11H2,1-3H3,(H,16,17,18). The molecule has 0 unspecified atom stereocenters. The average molecular weight is 290 g/mol. The number of furan rings is 1. The maximum atomic E-state index is 5.14. The first-order valence-electron chi connectivity index (χ1n) is 7.06. The first kappa shape index (κ1) is 15.3. The molecule has 0 atom stereocenters. The number of aromatic nitrogens is 2. The fourth-order valence-corrected chi connectivity index (χ4v) is 1.95. The van der Waals surface area contributed by atoms with Crippen molar-refractivity contribution in [2.24, 2.45) is 0 Å². The summed E-state index contributed by atoms with van der Waals surface area (Å²) < 4.78 is 10.2. The summed E-state index contributed by atoms with van der Waals surface area (Å²) >= 11 is 0. The third-order valence-electron chi connectivity index (χ3n) is 2.98. The maximum absolute atomic E-state index is 5.14. The van der Waals surface area contributed by atoms with Crippen LogP contribution in [0.5, 0.6) is 0 Å². The lowest BCUT2D eigenvalue weighted by Crippen LogP contribution is -2.19. The molecule has 1 N–H and O–H groups in total. The molecular formula is C15H22N4O2. The minimum atomic E-state index is 0.397. The summed E-state index contributed by atoms with van der Waals surface area (Å²) in [6.45, 7) is 4.13. The van der Waals surface area contributed by atoms with E-state index in [0.717, 1.165) is 36.7 Å².